The van der Waals surface area contributed by atoms with Crippen molar-refractivity contribution in [2.45, 2.75) is 101 Å². The van der Waals surface area contributed by atoms with Gasteiger partial charge in [-0.3, -0.25) is 4.79 Å². The lowest BCUT2D eigenvalue weighted by Crippen LogP contribution is -2.54. The van der Waals surface area contributed by atoms with Crippen molar-refractivity contribution in [2.24, 2.45) is 0 Å². The normalized spacial score (nSPS) is 20.3. The zero-order chi connectivity index (χ0) is 42.9. The first-order chi connectivity index (χ1) is 29.7. The molecule has 2 heterocycles. The number of carbonyl (C=O) groups excluding carboxylic acids is 4. The van der Waals surface area contributed by atoms with Crippen molar-refractivity contribution in [3.8, 4) is 0 Å². The van der Waals surface area contributed by atoms with E-state index in [4.69, 9.17) is 23.7 Å². The Kier molecular flexibility index (Phi) is 16.7. The number of rotatable bonds is 18. The maximum atomic E-state index is 13.4. The Labute approximate surface area is 356 Å². The molecule has 0 bridgehead atoms. The highest BCUT2D eigenvalue weighted by molar-refractivity contribution is 5.84. The topological polar surface area (TPSA) is 151 Å². The molecule has 1 spiro atoms. The molecule has 3 amide bonds. The second kappa shape index (κ2) is 22.7. The zero-order valence-electron chi connectivity index (χ0n) is 34.6. The minimum atomic E-state index is -1.16. The third-order valence-electron chi connectivity index (χ3n) is 10.9. The second-order valence-electron chi connectivity index (χ2n) is 15.5. The minimum Gasteiger partial charge on any atom is -0.464 e. The van der Waals surface area contributed by atoms with Crippen molar-refractivity contribution in [2.75, 3.05) is 26.3 Å². The molecule has 2 fully saturated rings. The largest absolute Gasteiger partial charge is 0.464 e. The molecule has 12 nitrogen and oxygen atoms in total. The van der Waals surface area contributed by atoms with Crippen LogP contribution in [0.1, 0.15) is 80.0 Å². The van der Waals surface area contributed by atoms with E-state index in [9.17, 15) is 23.6 Å². The summed E-state index contributed by atoms with van der Waals surface area (Å²) >= 11 is 0. The highest BCUT2D eigenvalue weighted by Gasteiger charge is 2.47. The summed E-state index contributed by atoms with van der Waals surface area (Å²) in [7, 11) is 0. The van der Waals surface area contributed by atoms with Gasteiger partial charge < -0.3 is 39.6 Å². The van der Waals surface area contributed by atoms with Gasteiger partial charge in [0, 0.05) is 51.1 Å². The molecular formula is C48H56FN3O9. The molecule has 2 saturated heterocycles. The lowest BCUT2D eigenvalue weighted by atomic mass is 9.90. The SMILES string of the molecule is CCOC(=O)[C@H](Cc1ccccc1)NC(=O)CCC1CC(OC(=O)NCCc2ccc(F)cc2)CC2(CCCC(COC(=O)NCC(c3ccccc3)c3ccccc3)O2)O1. The van der Waals surface area contributed by atoms with E-state index in [0.29, 0.717) is 38.6 Å². The fraction of sp³-hybridized carbons (Fsp3) is 0.417. The van der Waals surface area contributed by atoms with E-state index < -0.39 is 48.3 Å². The highest BCUT2D eigenvalue weighted by atomic mass is 19.1. The predicted molar refractivity (Wildman–Crippen MR) is 226 cm³/mol. The maximum absolute atomic E-state index is 13.4. The average molecular weight is 838 g/mol. The van der Waals surface area contributed by atoms with Gasteiger partial charge in [0.15, 0.2) is 5.79 Å². The zero-order valence-corrected chi connectivity index (χ0v) is 34.6. The molecule has 0 aliphatic carbocycles. The summed E-state index contributed by atoms with van der Waals surface area (Å²) in [4.78, 5) is 52.3. The number of hydrogen-bond acceptors (Lipinski definition) is 9. The summed E-state index contributed by atoms with van der Waals surface area (Å²) in [5.74, 6) is -2.43. The third-order valence-corrected chi connectivity index (χ3v) is 10.9. The molecule has 2 aliphatic heterocycles. The number of hydrogen-bond donors (Lipinski definition) is 3. The summed E-state index contributed by atoms with van der Waals surface area (Å²) in [6.07, 6.45) is 0.585. The Morgan fingerprint density at radius 3 is 2.11 bits per heavy atom. The van der Waals surface area contributed by atoms with Gasteiger partial charge in [-0.1, -0.05) is 103 Å². The van der Waals surface area contributed by atoms with Crippen molar-refractivity contribution in [3.05, 3.63) is 143 Å². The lowest BCUT2D eigenvalue weighted by Gasteiger charge is -2.47. The first kappa shape index (κ1) is 44.8. The molecule has 3 N–H and O–H groups in total. The number of benzene rings is 4. The number of alkyl carbamates (subject to hydrolysis) is 2. The molecule has 61 heavy (non-hydrogen) atoms. The van der Waals surface area contributed by atoms with Gasteiger partial charge in [-0.05, 0) is 67.0 Å². The number of ether oxygens (including phenoxy) is 5. The molecule has 0 aromatic heterocycles. The van der Waals surface area contributed by atoms with Crippen LogP contribution in [0.2, 0.25) is 0 Å². The van der Waals surface area contributed by atoms with Crippen molar-refractivity contribution < 1.29 is 47.3 Å². The maximum Gasteiger partial charge on any atom is 0.407 e. The van der Waals surface area contributed by atoms with Crippen LogP contribution < -0.4 is 16.0 Å². The Bertz CT molecular complexity index is 1950. The van der Waals surface area contributed by atoms with Gasteiger partial charge in [-0.25, -0.2) is 18.8 Å². The number of esters is 1. The van der Waals surface area contributed by atoms with Crippen LogP contribution in [0.5, 0.6) is 0 Å². The van der Waals surface area contributed by atoms with Gasteiger partial charge >= 0.3 is 18.2 Å². The minimum absolute atomic E-state index is 0.0165. The Morgan fingerprint density at radius 2 is 1.44 bits per heavy atom. The molecule has 13 heteroatoms. The van der Waals surface area contributed by atoms with Crippen LogP contribution in [-0.4, -0.2) is 80.5 Å². The second-order valence-corrected chi connectivity index (χ2v) is 15.5. The van der Waals surface area contributed by atoms with Crippen molar-refractivity contribution in [1.82, 2.24) is 16.0 Å². The number of halogens is 1. The summed E-state index contributed by atoms with van der Waals surface area (Å²) in [6, 6.07) is 34.5. The van der Waals surface area contributed by atoms with Crippen LogP contribution in [0.25, 0.3) is 0 Å². The van der Waals surface area contributed by atoms with Gasteiger partial charge in [0.05, 0.1) is 18.8 Å². The van der Waals surface area contributed by atoms with Crippen LogP contribution in [0.4, 0.5) is 14.0 Å². The number of carbonyl (C=O) groups is 4. The Balaban J connectivity index is 1.06. The predicted octanol–water partition coefficient (Wildman–Crippen LogP) is 7.54. The molecule has 0 saturated carbocycles. The van der Waals surface area contributed by atoms with E-state index in [0.717, 1.165) is 22.3 Å². The first-order valence-corrected chi connectivity index (χ1v) is 21.2. The summed E-state index contributed by atoms with van der Waals surface area (Å²) < 4.78 is 43.5. The van der Waals surface area contributed by atoms with Crippen molar-refractivity contribution in [1.29, 1.82) is 0 Å². The lowest BCUT2D eigenvalue weighted by molar-refractivity contribution is -0.329. The molecule has 4 unspecified atom stereocenters. The molecular weight excluding hydrogens is 782 g/mol. The molecule has 4 aromatic rings. The third kappa shape index (κ3) is 14.1. The van der Waals surface area contributed by atoms with E-state index in [1.807, 2.05) is 91.0 Å². The van der Waals surface area contributed by atoms with Crippen LogP contribution in [-0.2, 0) is 46.1 Å². The van der Waals surface area contributed by atoms with Gasteiger partial charge in [0.1, 0.15) is 24.6 Å². The highest BCUT2D eigenvalue weighted by Crippen LogP contribution is 2.41. The van der Waals surface area contributed by atoms with Gasteiger partial charge in [0.25, 0.3) is 0 Å². The average Bonchev–Trinajstić information content (AvgIpc) is 3.26. The first-order valence-electron chi connectivity index (χ1n) is 21.2. The van der Waals surface area contributed by atoms with Gasteiger partial charge in [-0.15, -0.1) is 0 Å². The van der Waals surface area contributed by atoms with E-state index in [2.05, 4.69) is 16.0 Å². The molecule has 2 aliphatic rings. The summed E-state index contributed by atoms with van der Waals surface area (Å²) in [6.45, 7) is 2.49. The van der Waals surface area contributed by atoms with Crippen LogP contribution >= 0.6 is 0 Å². The quantitative estimate of drug-likeness (QED) is 0.0683. The van der Waals surface area contributed by atoms with E-state index in [1.165, 1.54) is 12.1 Å². The van der Waals surface area contributed by atoms with Crippen molar-refractivity contribution >= 4 is 24.1 Å². The molecule has 6 rings (SSSR count). The van der Waals surface area contributed by atoms with Crippen LogP contribution in [0.3, 0.4) is 0 Å². The number of amides is 3. The molecule has 0 radical (unpaired) electrons. The van der Waals surface area contributed by atoms with Crippen LogP contribution in [0.15, 0.2) is 115 Å². The Morgan fingerprint density at radius 1 is 0.787 bits per heavy atom. The van der Waals surface area contributed by atoms with Gasteiger partial charge in [0.2, 0.25) is 5.91 Å². The number of nitrogens with one attached hydrogen (secondary N) is 3. The molecule has 5 atom stereocenters. The van der Waals surface area contributed by atoms with E-state index >= 15 is 0 Å². The van der Waals surface area contributed by atoms with E-state index in [-0.39, 0.29) is 63.1 Å². The smallest absolute Gasteiger partial charge is 0.407 e. The Hall–Kier alpha value is -5.79. The summed E-state index contributed by atoms with van der Waals surface area (Å²) in [5.41, 5.74) is 3.88. The molecule has 4 aromatic carbocycles. The fourth-order valence-corrected chi connectivity index (χ4v) is 7.97. The standard InChI is InChI=1S/C48H56FN3O9/c1-2-57-45(54)43(29-35-13-6-3-7-14-35)52-44(53)25-24-39-30-41(59-47(56)50-28-26-34-20-22-38(49)23-21-34)31-48(60-39)27-12-19-40(61-48)33-58-46(55)51-32-42(36-15-8-4-9-16-36)37-17-10-5-11-18-37/h3-11,13-18,20-23,39-43H,2,12,19,24-33H2,1H3,(H,50,56)(H,51,55)(H,52,53)/t39?,40?,41?,43-,48?/m0/s1. The monoisotopic (exact) mass is 837 g/mol. The van der Waals surface area contributed by atoms with E-state index in [1.54, 1.807) is 19.1 Å². The molecule has 324 valence electrons. The fourth-order valence-electron chi connectivity index (χ4n) is 7.97. The van der Waals surface area contributed by atoms with Crippen LogP contribution in [0, 0.1) is 5.82 Å². The van der Waals surface area contributed by atoms with Gasteiger partial charge in [-0.2, -0.15) is 0 Å². The summed E-state index contributed by atoms with van der Waals surface area (Å²) in [5, 5.41) is 8.56. The van der Waals surface area contributed by atoms with Crippen molar-refractivity contribution in [3.63, 3.8) is 0 Å².